The molecule has 3 rings (SSSR count). The predicted molar refractivity (Wildman–Crippen MR) is 121 cm³/mol. The maximum absolute atomic E-state index is 12.9. The van der Waals surface area contributed by atoms with Crippen LogP contribution >= 0.6 is 11.6 Å². The van der Waals surface area contributed by atoms with Gasteiger partial charge < -0.3 is 10.1 Å². The molecule has 0 fully saturated rings. The fraction of sp³-hybridized carbons (Fsp3) is 0.200. The maximum atomic E-state index is 12.9. The van der Waals surface area contributed by atoms with E-state index in [1.54, 1.807) is 18.2 Å². The third-order valence-corrected chi connectivity index (χ3v) is 5.09. The Balaban J connectivity index is 1.81. The first-order valence-corrected chi connectivity index (χ1v) is 10.1. The van der Waals surface area contributed by atoms with Crippen LogP contribution in [0.2, 0.25) is 5.02 Å². The van der Waals surface area contributed by atoms with E-state index in [4.69, 9.17) is 16.3 Å². The zero-order valence-corrected chi connectivity index (χ0v) is 18.0. The molecule has 0 spiro atoms. The highest BCUT2D eigenvalue weighted by atomic mass is 35.5. The number of ketones is 1. The van der Waals surface area contributed by atoms with Gasteiger partial charge in [0, 0.05) is 35.8 Å². The number of benzene rings is 3. The fourth-order valence-electron chi connectivity index (χ4n) is 3.36. The van der Waals surface area contributed by atoms with Gasteiger partial charge in [-0.25, -0.2) is 0 Å². The molecule has 1 unspecified atom stereocenters. The number of rotatable bonds is 7. The molecule has 0 heterocycles. The summed E-state index contributed by atoms with van der Waals surface area (Å²) in [7, 11) is 0. The van der Waals surface area contributed by atoms with Gasteiger partial charge in [-0.3, -0.25) is 9.59 Å². The Labute approximate surface area is 181 Å². The van der Waals surface area contributed by atoms with Gasteiger partial charge in [-0.1, -0.05) is 54.1 Å². The number of nitrogens with one attached hydrogen (secondary N) is 1. The van der Waals surface area contributed by atoms with Crippen molar-refractivity contribution in [3.63, 3.8) is 0 Å². The van der Waals surface area contributed by atoms with E-state index in [1.807, 2.05) is 62.4 Å². The van der Waals surface area contributed by atoms with Gasteiger partial charge in [0.1, 0.15) is 6.10 Å². The summed E-state index contributed by atoms with van der Waals surface area (Å²) in [5.74, 6) is -0.395. The minimum Gasteiger partial charge on any atom is -0.463 e. The van der Waals surface area contributed by atoms with Crippen molar-refractivity contribution in [3.05, 3.63) is 94.0 Å². The van der Waals surface area contributed by atoms with Crippen LogP contribution in [0, 0.1) is 6.92 Å². The molecular formula is C25H24ClNO3. The first kappa shape index (κ1) is 21.6. The Morgan fingerprint density at radius 3 is 2.40 bits per heavy atom. The monoisotopic (exact) mass is 421 g/mol. The van der Waals surface area contributed by atoms with Crippen LogP contribution in [-0.4, -0.2) is 17.9 Å². The number of carbonyl (C=O) groups excluding carboxylic acids is 2. The summed E-state index contributed by atoms with van der Waals surface area (Å²) in [5, 5.41) is 3.74. The summed E-state index contributed by atoms with van der Waals surface area (Å²) in [4.78, 5) is 24.1. The molecule has 1 N–H and O–H groups in total. The van der Waals surface area contributed by atoms with Gasteiger partial charge in [-0.15, -0.1) is 0 Å². The zero-order chi connectivity index (χ0) is 21.7. The van der Waals surface area contributed by atoms with E-state index in [0.717, 1.165) is 22.5 Å². The van der Waals surface area contributed by atoms with Crippen molar-refractivity contribution >= 4 is 34.7 Å². The molecule has 30 heavy (non-hydrogen) atoms. The number of halogens is 1. The van der Waals surface area contributed by atoms with Gasteiger partial charge in [0.2, 0.25) is 0 Å². The lowest BCUT2D eigenvalue weighted by atomic mass is 9.99. The molecule has 0 aliphatic carbocycles. The van der Waals surface area contributed by atoms with Gasteiger partial charge in [-0.05, 0) is 49.2 Å². The molecule has 5 heteroatoms. The van der Waals surface area contributed by atoms with E-state index in [1.165, 1.54) is 6.92 Å². The number of para-hydroxylation sites is 1. The second-order valence-corrected chi connectivity index (χ2v) is 7.65. The summed E-state index contributed by atoms with van der Waals surface area (Å²) in [5.41, 5.74) is 4.71. The van der Waals surface area contributed by atoms with Crippen molar-refractivity contribution in [2.45, 2.75) is 33.3 Å². The van der Waals surface area contributed by atoms with Crippen molar-refractivity contribution in [2.24, 2.45) is 0 Å². The second-order valence-electron chi connectivity index (χ2n) is 7.24. The largest absolute Gasteiger partial charge is 0.463 e. The maximum Gasteiger partial charge on any atom is 0.302 e. The highest BCUT2D eigenvalue weighted by Gasteiger charge is 2.16. The van der Waals surface area contributed by atoms with Crippen molar-refractivity contribution in [2.75, 3.05) is 5.32 Å². The first-order chi connectivity index (χ1) is 14.3. The van der Waals surface area contributed by atoms with Crippen molar-refractivity contribution < 1.29 is 14.3 Å². The Morgan fingerprint density at radius 1 is 1.00 bits per heavy atom. The highest BCUT2D eigenvalue weighted by molar-refractivity contribution is 6.35. The predicted octanol–water partition coefficient (Wildman–Crippen LogP) is 6.12. The summed E-state index contributed by atoms with van der Waals surface area (Å²) in [6, 6.07) is 20.6. The molecule has 0 radical (unpaired) electrons. The van der Waals surface area contributed by atoms with Gasteiger partial charge in [0.05, 0.1) is 5.02 Å². The molecular weight excluding hydrogens is 398 g/mol. The number of aryl methyl sites for hydroxylation is 1. The minimum atomic E-state index is -0.298. The van der Waals surface area contributed by atoms with Crippen molar-refractivity contribution in [3.8, 4) is 0 Å². The SMILES string of the molecule is CC(=O)OC(C)Cc1ccccc1Nc1ccc(C(=O)c2ccccc2C)c(Cl)c1. The van der Waals surface area contributed by atoms with E-state index in [2.05, 4.69) is 5.32 Å². The van der Waals surface area contributed by atoms with E-state index < -0.39 is 0 Å². The number of ether oxygens (including phenoxy) is 1. The third-order valence-electron chi connectivity index (χ3n) is 4.77. The van der Waals surface area contributed by atoms with Crippen LogP contribution in [0.25, 0.3) is 0 Å². The summed E-state index contributed by atoms with van der Waals surface area (Å²) in [6.07, 6.45) is 0.350. The number of carbonyl (C=O) groups is 2. The van der Waals surface area contributed by atoms with E-state index in [9.17, 15) is 9.59 Å². The molecule has 154 valence electrons. The number of anilines is 2. The van der Waals surface area contributed by atoms with Gasteiger partial charge in [-0.2, -0.15) is 0 Å². The molecule has 4 nitrogen and oxygen atoms in total. The number of hydrogen-bond donors (Lipinski definition) is 1. The zero-order valence-electron chi connectivity index (χ0n) is 17.2. The van der Waals surface area contributed by atoms with Crippen molar-refractivity contribution in [1.82, 2.24) is 0 Å². The lowest BCUT2D eigenvalue weighted by Gasteiger charge is -2.16. The lowest BCUT2D eigenvalue weighted by molar-refractivity contribution is -0.145. The van der Waals surface area contributed by atoms with Crippen molar-refractivity contribution in [1.29, 1.82) is 0 Å². The fourth-order valence-corrected chi connectivity index (χ4v) is 3.63. The quantitative estimate of drug-likeness (QED) is 0.369. The minimum absolute atomic E-state index is 0.0970. The number of hydrogen-bond acceptors (Lipinski definition) is 4. The van der Waals surface area contributed by atoms with E-state index in [0.29, 0.717) is 22.6 Å². The topological polar surface area (TPSA) is 55.4 Å². The molecule has 3 aromatic carbocycles. The average molecular weight is 422 g/mol. The normalized spacial score (nSPS) is 11.6. The summed E-state index contributed by atoms with van der Waals surface area (Å²) >= 11 is 6.46. The summed E-state index contributed by atoms with van der Waals surface area (Å²) < 4.78 is 5.25. The van der Waals surface area contributed by atoms with E-state index in [-0.39, 0.29) is 17.9 Å². The van der Waals surface area contributed by atoms with Crippen LogP contribution < -0.4 is 5.32 Å². The van der Waals surface area contributed by atoms with Gasteiger partial charge in [0.15, 0.2) is 5.78 Å². The Morgan fingerprint density at radius 2 is 1.70 bits per heavy atom. The smallest absolute Gasteiger partial charge is 0.302 e. The number of esters is 1. The molecule has 0 saturated heterocycles. The molecule has 0 amide bonds. The molecule has 0 aromatic heterocycles. The van der Waals surface area contributed by atoms with Crippen LogP contribution in [0.3, 0.4) is 0 Å². The van der Waals surface area contributed by atoms with Crippen LogP contribution in [0.5, 0.6) is 0 Å². The Kier molecular flexibility index (Phi) is 6.91. The lowest BCUT2D eigenvalue weighted by Crippen LogP contribution is -2.15. The summed E-state index contributed by atoms with van der Waals surface area (Å²) in [6.45, 7) is 5.17. The third kappa shape index (κ3) is 5.28. The molecule has 3 aromatic rings. The Hall–Kier alpha value is -3.11. The van der Waals surface area contributed by atoms with Gasteiger partial charge >= 0.3 is 5.97 Å². The van der Waals surface area contributed by atoms with E-state index >= 15 is 0 Å². The molecule has 1 atom stereocenters. The molecule has 0 aliphatic rings. The molecule has 0 saturated carbocycles. The highest BCUT2D eigenvalue weighted by Crippen LogP contribution is 2.28. The first-order valence-electron chi connectivity index (χ1n) is 9.77. The molecule has 0 aliphatic heterocycles. The van der Waals surface area contributed by atoms with Crippen LogP contribution in [0.1, 0.15) is 40.9 Å². The van der Waals surface area contributed by atoms with Gasteiger partial charge in [0.25, 0.3) is 0 Å². The van der Waals surface area contributed by atoms with Crippen LogP contribution in [0.15, 0.2) is 66.7 Å². The Bertz CT molecular complexity index is 1080. The average Bonchev–Trinajstić information content (AvgIpc) is 2.69. The van der Waals surface area contributed by atoms with Crippen LogP contribution in [0.4, 0.5) is 11.4 Å². The van der Waals surface area contributed by atoms with Crippen LogP contribution in [-0.2, 0) is 16.0 Å². The standard InChI is InChI=1S/C25H24ClNO3/c1-16-8-4-6-10-21(16)25(29)22-13-12-20(15-23(22)26)27-24-11-7-5-9-19(24)14-17(2)30-18(3)28/h4-13,15,17,27H,14H2,1-3H3. The second kappa shape index (κ2) is 9.59. The molecule has 0 bridgehead atoms.